The maximum Gasteiger partial charge on any atom is 0.0928 e. The van der Waals surface area contributed by atoms with Gasteiger partial charge in [-0.05, 0) is 40.2 Å². The molecule has 0 bridgehead atoms. The largest absolute Gasteiger partial charge is 0.273 e. The molecule has 0 amide bonds. The second kappa shape index (κ2) is 8.25. The number of allylic oxidation sites excluding steroid dienone is 1. The Labute approximate surface area is 93.6 Å². The lowest BCUT2D eigenvalue weighted by molar-refractivity contribution is 0.169. The van der Waals surface area contributed by atoms with Crippen LogP contribution in [0.25, 0.3) is 0 Å². The highest BCUT2D eigenvalue weighted by Crippen LogP contribution is 2.05. The van der Waals surface area contributed by atoms with Gasteiger partial charge in [0.25, 0.3) is 0 Å². The summed E-state index contributed by atoms with van der Waals surface area (Å²) in [6, 6.07) is 0.753. The van der Waals surface area contributed by atoms with Crippen LogP contribution >= 0.6 is 0 Å². The molecule has 0 radical (unpaired) electrons. The van der Waals surface area contributed by atoms with Crippen molar-refractivity contribution in [3.8, 4) is 0 Å². The van der Waals surface area contributed by atoms with E-state index in [1.165, 1.54) is 0 Å². The Kier molecular flexibility index (Phi) is 7.65. The van der Waals surface area contributed by atoms with Crippen LogP contribution in [-0.4, -0.2) is 17.1 Å². The Bertz CT molecular complexity index is 227. The van der Waals surface area contributed by atoms with Gasteiger partial charge in [-0.15, -0.1) is 10.8 Å². The van der Waals surface area contributed by atoms with E-state index in [0.29, 0.717) is 12.1 Å². The molecule has 0 aliphatic carbocycles. The van der Waals surface area contributed by atoms with Crippen molar-refractivity contribution in [2.24, 2.45) is 10.3 Å². The van der Waals surface area contributed by atoms with Gasteiger partial charge in [-0.1, -0.05) is 18.6 Å². The van der Waals surface area contributed by atoms with Crippen LogP contribution in [-0.2, 0) is 0 Å². The fourth-order valence-electron chi connectivity index (χ4n) is 1.20. The van der Waals surface area contributed by atoms with Crippen molar-refractivity contribution in [1.29, 1.82) is 0 Å². The summed E-state index contributed by atoms with van der Waals surface area (Å²) in [5.41, 5.74) is 2.98. The van der Waals surface area contributed by atoms with Gasteiger partial charge in [0.05, 0.1) is 6.20 Å². The SMILES string of the molecule is CCCC=C=CN=NN(C(C)C)C(C)C. The number of unbranched alkanes of at least 4 members (excludes halogenated alkanes) is 1. The zero-order valence-electron chi connectivity index (χ0n) is 10.6. The predicted molar refractivity (Wildman–Crippen MR) is 64.5 cm³/mol. The lowest BCUT2D eigenvalue weighted by Crippen LogP contribution is -2.31. The zero-order valence-corrected chi connectivity index (χ0v) is 10.6. The Morgan fingerprint density at radius 1 is 1.20 bits per heavy atom. The molecule has 0 spiro atoms. The van der Waals surface area contributed by atoms with Crippen LogP contribution < -0.4 is 0 Å². The van der Waals surface area contributed by atoms with Gasteiger partial charge >= 0.3 is 0 Å². The summed E-state index contributed by atoms with van der Waals surface area (Å²) in [4.78, 5) is 0. The van der Waals surface area contributed by atoms with Gasteiger partial charge in [-0.3, -0.25) is 5.01 Å². The van der Waals surface area contributed by atoms with Gasteiger partial charge in [-0.25, -0.2) is 0 Å². The zero-order chi connectivity index (χ0) is 11.7. The van der Waals surface area contributed by atoms with Crippen molar-refractivity contribution in [1.82, 2.24) is 5.01 Å². The smallest absolute Gasteiger partial charge is 0.0928 e. The minimum Gasteiger partial charge on any atom is -0.273 e. The minimum atomic E-state index is 0.377. The van der Waals surface area contributed by atoms with Gasteiger partial charge < -0.3 is 0 Å². The van der Waals surface area contributed by atoms with Crippen LogP contribution in [0.5, 0.6) is 0 Å². The molecule has 3 heteroatoms. The first-order valence-electron chi connectivity index (χ1n) is 5.68. The van der Waals surface area contributed by atoms with E-state index in [0.717, 1.165) is 12.8 Å². The average Bonchev–Trinajstić information content (AvgIpc) is 2.15. The third kappa shape index (κ3) is 6.92. The number of nitrogens with zero attached hydrogens (tertiary/aromatic N) is 3. The summed E-state index contributed by atoms with van der Waals surface area (Å²) in [7, 11) is 0. The van der Waals surface area contributed by atoms with Crippen molar-refractivity contribution in [3.05, 3.63) is 18.0 Å². The van der Waals surface area contributed by atoms with E-state index in [1.54, 1.807) is 6.20 Å². The van der Waals surface area contributed by atoms with E-state index < -0.39 is 0 Å². The van der Waals surface area contributed by atoms with E-state index in [2.05, 4.69) is 50.7 Å². The van der Waals surface area contributed by atoms with Crippen molar-refractivity contribution >= 4 is 0 Å². The predicted octanol–water partition coefficient (Wildman–Crippen LogP) is 3.94. The molecule has 0 saturated carbocycles. The number of hydrogen-bond donors (Lipinski definition) is 0. The quantitative estimate of drug-likeness (QED) is 0.370. The topological polar surface area (TPSA) is 28.0 Å². The first kappa shape index (κ1) is 13.9. The third-order valence-electron chi connectivity index (χ3n) is 1.90. The molecule has 0 aliphatic heterocycles. The van der Waals surface area contributed by atoms with Gasteiger partial charge in [0.15, 0.2) is 0 Å². The third-order valence-corrected chi connectivity index (χ3v) is 1.90. The summed E-state index contributed by atoms with van der Waals surface area (Å²) in [5.74, 6) is 0. The van der Waals surface area contributed by atoms with Crippen molar-refractivity contribution in [2.75, 3.05) is 0 Å². The second-order valence-electron chi connectivity index (χ2n) is 4.06. The monoisotopic (exact) mass is 209 g/mol. The fraction of sp³-hybridized carbons (Fsp3) is 0.750. The van der Waals surface area contributed by atoms with Crippen LogP contribution in [0.15, 0.2) is 28.3 Å². The van der Waals surface area contributed by atoms with Crippen LogP contribution in [0.3, 0.4) is 0 Å². The van der Waals surface area contributed by atoms with Crippen LogP contribution in [0.2, 0.25) is 0 Å². The van der Waals surface area contributed by atoms with Gasteiger partial charge in [-0.2, -0.15) is 0 Å². The summed E-state index contributed by atoms with van der Waals surface area (Å²) in [5, 5.41) is 10.1. The molecule has 0 aliphatic rings. The van der Waals surface area contributed by atoms with Crippen molar-refractivity contribution in [2.45, 2.75) is 59.5 Å². The second-order valence-corrected chi connectivity index (χ2v) is 4.06. The Morgan fingerprint density at radius 2 is 1.80 bits per heavy atom. The summed E-state index contributed by atoms with van der Waals surface area (Å²) in [6.07, 6.45) is 5.79. The van der Waals surface area contributed by atoms with E-state index in [9.17, 15) is 0 Å². The number of hydrogen-bond acceptors (Lipinski definition) is 2. The Hall–Kier alpha value is -1.08. The lowest BCUT2D eigenvalue weighted by Gasteiger charge is -2.25. The molecule has 3 nitrogen and oxygen atoms in total. The van der Waals surface area contributed by atoms with Gasteiger partial charge in [0, 0.05) is 12.1 Å². The van der Waals surface area contributed by atoms with Crippen molar-refractivity contribution in [3.63, 3.8) is 0 Å². The molecule has 0 heterocycles. The van der Waals surface area contributed by atoms with E-state index in [4.69, 9.17) is 0 Å². The molecule has 0 aromatic heterocycles. The molecule has 86 valence electrons. The Morgan fingerprint density at radius 3 is 2.27 bits per heavy atom. The fourth-order valence-corrected chi connectivity index (χ4v) is 1.20. The molecule has 0 fully saturated rings. The highest BCUT2D eigenvalue weighted by atomic mass is 15.6. The highest BCUT2D eigenvalue weighted by molar-refractivity contribution is 4.81. The Balaban J connectivity index is 4.17. The molecule has 0 aromatic rings. The van der Waals surface area contributed by atoms with E-state index >= 15 is 0 Å². The van der Waals surface area contributed by atoms with Gasteiger partial charge in [0.2, 0.25) is 0 Å². The molecule has 15 heavy (non-hydrogen) atoms. The first-order valence-corrected chi connectivity index (χ1v) is 5.68. The molecular weight excluding hydrogens is 186 g/mol. The average molecular weight is 209 g/mol. The normalized spacial score (nSPS) is 10.9. The summed E-state index contributed by atoms with van der Waals surface area (Å²) in [6.45, 7) is 10.6. The summed E-state index contributed by atoms with van der Waals surface area (Å²) < 4.78 is 0. The molecule has 0 rings (SSSR count). The molecule has 0 atom stereocenters. The van der Waals surface area contributed by atoms with Crippen LogP contribution in [0.4, 0.5) is 0 Å². The van der Waals surface area contributed by atoms with Crippen molar-refractivity contribution < 1.29 is 0 Å². The van der Waals surface area contributed by atoms with E-state index in [-0.39, 0.29) is 0 Å². The molecule has 0 saturated heterocycles. The first-order chi connectivity index (χ1) is 7.09. The number of rotatable bonds is 6. The lowest BCUT2D eigenvalue weighted by atomic mass is 10.3. The summed E-state index contributed by atoms with van der Waals surface area (Å²) >= 11 is 0. The molecule has 0 aromatic carbocycles. The van der Waals surface area contributed by atoms with Gasteiger partial charge in [0.1, 0.15) is 0 Å². The standard InChI is InChI=1S/C12H23N3/c1-6-7-8-9-10-13-14-15(11(2)3)12(4)5/h8,10-12H,6-7H2,1-5H3. The van der Waals surface area contributed by atoms with E-state index in [1.807, 2.05) is 11.1 Å². The maximum absolute atomic E-state index is 4.14. The molecular formula is C12H23N3. The highest BCUT2D eigenvalue weighted by Gasteiger charge is 2.09. The van der Waals surface area contributed by atoms with Crippen LogP contribution in [0.1, 0.15) is 47.5 Å². The molecule has 0 N–H and O–H groups in total. The molecule has 0 unspecified atom stereocenters. The minimum absolute atomic E-state index is 0.377. The maximum atomic E-state index is 4.14. The van der Waals surface area contributed by atoms with Crippen LogP contribution in [0, 0.1) is 0 Å².